The summed E-state index contributed by atoms with van der Waals surface area (Å²) in [6.45, 7) is 5.38. The smallest absolute Gasteiger partial charge is 0.410 e. The van der Waals surface area contributed by atoms with Crippen LogP contribution >= 0.6 is 0 Å². The summed E-state index contributed by atoms with van der Waals surface area (Å²) >= 11 is 0. The van der Waals surface area contributed by atoms with Crippen LogP contribution in [0.5, 0.6) is 0 Å². The predicted octanol–water partition coefficient (Wildman–Crippen LogP) is -0.484. The van der Waals surface area contributed by atoms with Crippen LogP contribution < -0.4 is 4.72 Å². The maximum Gasteiger partial charge on any atom is 0.410 e. The van der Waals surface area contributed by atoms with Gasteiger partial charge in [0.25, 0.3) is 0 Å². The normalized spacial score (nSPS) is 25.3. The van der Waals surface area contributed by atoms with Crippen molar-refractivity contribution in [2.45, 2.75) is 38.5 Å². The van der Waals surface area contributed by atoms with Gasteiger partial charge in [-0.05, 0) is 20.8 Å². The third kappa shape index (κ3) is 4.79. The lowest BCUT2D eigenvalue weighted by atomic mass is 10.2. The van der Waals surface area contributed by atoms with Gasteiger partial charge >= 0.3 is 6.09 Å². The number of nitrogens with zero attached hydrogens (tertiary/aromatic N) is 1. The summed E-state index contributed by atoms with van der Waals surface area (Å²) < 4.78 is 29.6. The number of hydrogen-bond acceptors (Lipinski definition) is 5. The van der Waals surface area contributed by atoms with Crippen LogP contribution in [0, 0.1) is 0 Å². The van der Waals surface area contributed by atoms with Crippen LogP contribution in [0.15, 0.2) is 0 Å². The summed E-state index contributed by atoms with van der Waals surface area (Å²) in [5.74, 6) is 0. The second-order valence-electron chi connectivity index (χ2n) is 5.45. The van der Waals surface area contributed by atoms with Crippen molar-refractivity contribution in [2.75, 3.05) is 19.3 Å². The van der Waals surface area contributed by atoms with Crippen molar-refractivity contribution < 1.29 is 23.1 Å². The fraction of sp³-hybridized carbons (Fsp3) is 0.900. The van der Waals surface area contributed by atoms with Gasteiger partial charge in [-0.25, -0.2) is 17.9 Å². The van der Waals surface area contributed by atoms with Crippen molar-refractivity contribution in [1.29, 1.82) is 0 Å². The lowest BCUT2D eigenvalue weighted by Crippen LogP contribution is -2.42. The molecule has 0 aromatic heterocycles. The van der Waals surface area contributed by atoms with E-state index in [4.69, 9.17) is 4.74 Å². The SMILES string of the molecule is CC(C)(C)OC(=O)N1C[C@@H](O)[C@@H](NS(C)(=O)=O)C1. The largest absolute Gasteiger partial charge is 0.444 e. The van der Waals surface area contributed by atoms with Crippen molar-refractivity contribution in [1.82, 2.24) is 9.62 Å². The van der Waals surface area contributed by atoms with Crippen LogP contribution in [0.2, 0.25) is 0 Å². The molecule has 0 aromatic carbocycles. The molecular weight excluding hydrogens is 260 g/mol. The second kappa shape index (κ2) is 5.02. The third-order valence-corrected chi connectivity index (χ3v) is 3.04. The maximum atomic E-state index is 11.7. The summed E-state index contributed by atoms with van der Waals surface area (Å²) in [7, 11) is -3.41. The highest BCUT2D eigenvalue weighted by Gasteiger charge is 2.37. The van der Waals surface area contributed by atoms with Crippen molar-refractivity contribution in [3.8, 4) is 0 Å². The monoisotopic (exact) mass is 280 g/mol. The second-order valence-corrected chi connectivity index (χ2v) is 7.23. The number of aliphatic hydroxyl groups excluding tert-OH is 1. The Morgan fingerprint density at radius 1 is 1.39 bits per heavy atom. The van der Waals surface area contributed by atoms with Crippen LogP contribution in [-0.2, 0) is 14.8 Å². The molecule has 18 heavy (non-hydrogen) atoms. The molecule has 8 heteroatoms. The molecule has 1 rings (SSSR count). The van der Waals surface area contributed by atoms with E-state index >= 15 is 0 Å². The number of aliphatic hydroxyl groups is 1. The molecule has 0 radical (unpaired) electrons. The summed E-state index contributed by atoms with van der Waals surface area (Å²) in [6, 6.07) is -0.687. The van der Waals surface area contributed by atoms with Crippen LogP contribution in [-0.4, -0.2) is 61.6 Å². The minimum absolute atomic E-state index is 0.0576. The number of ether oxygens (including phenoxy) is 1. The lowest BCUT2D eigenvalue weighted by molar-refractivity contribution is 0.0270. The van der Waals surface area contributed by atoms with Crippen LogP contribution in [0.25, 0.3) is 0 Å². The number of likely N-dealkylation sites (tertiary alicyclic amines) is 1. The van der Waals surface area contributed by atoms with Gasteiger partial charge < -0.3 is 14.7 Å². The Morgan fingerprint density at radius 2 is 1.94 bits per heavy atom. The Bertz CT molecular complexity index is 414. The molecule has 1 aliphatic heterocycles. The van der Waals surface area contributed by atoms with E-state index in [9.17, 15) is 18.3 Å². The van der Waals surface area contributed by atoms with Crippen molar-refractivity contribution in [3.05, 3.63) is 0 Å². The molecule has 0 aliphatic carbocycles. The molecule has 1 amide bonds. The average molecular weight is 280 g/mol. The Morgan fingerprint density at radius 3 is 2.39 bits per heavy atom. The van der Waals surface area contributed by atoms with E-state index in [0.29, 0.717) is 0 Å². The first-order valence-corrected chi connectivity index (χ1v) is 7.50. The summed E-state index contributed by atoms with van der Waals surface area (Å²) in [5, 5.41) is 9.69. The van der Waals surface area contributed by atoms with Crippen LogP contribution in [0.3, 0.4) is 0 Å². The maximum absolute atomic E-state index is 11.7. The molecule has 1 fully saturated rings. The first-order valence-electron chi connectivity index (χ1n) is 5.61. The lowest BCUT2D eigenvalue weighted by Gasteiger charge is -2.24. The van der Waals surface area contributed by atoms with Crippen LogP contribution in [0.4, 0.5) is 4.79 Å². The minimum Gasteiger partial charge on any atom is -0.444 e. The number of carbonyl (C=O) groups excluding carboxylic acids is 1. The molecule has 2 atom stereocenters. The van der Waals surface area contributed by atoms with Gasteiger partial charge in [-0.2, -0.15) is 0 Å². The number of nitrogens with one attached hydrogen (secondary N) is 1. The van der Waals surface area contributed by atoms with Crippen molar-refractivity contribution >= 4 is 16.1 Å². The highest BCUT2D eigenvalue weighted by atomic mass is 32.2. The number of hydrogen-bond donors (Lipinski definition) is 2. The minimum atomic E-state index is -3.41. The molecule has 1 aliphatic rings. The Hall–Kier alpha value is -0.860. The molecule has 0 unspecified atom stereocenters. The first kappa shape index (κ1) is 15.2. The van der Waals surface area contributed by atoms with Gasteiger partial charge in [0.2, 0.25) is 10.0 Å². The zero-order valence-corrected chi connectivity index (χ0v) is 11.8. The van der Waals surface area contributed by atoms with E-state index in [2.05, 4.69) is 4.72 Å². The summed E-state index contributed by atoms with van der Waals surface area (Å²) in [6.07, 6.45) is -0.470. The number of β-amino-alcohol motifs (C(OH)–C–C–N with tert-alkyl or cyclic N) is 1. The van der Waals surface area contributed by atoms with Gasteiger partial charge in [-0.1, -0.05) is 0 Å². The van der Waals surface area contributed by atoms with E-state index in [1.807, 2.05) is 0 Å². The Kier molecular flexibility index (Phi) is 4.24. The molecule has 1 saturated heterocycles. The fourth-order valence-electron chi connectivity index (χ4n) is 1.65. The van der Waals surface area contributed by atoms with Gasteiger partial charge in [0, 0.05) is 6.54 Å². The van der Waals surface area contributed by atoms with E-state index < -0.39 is 33.9 Å². The Labute approximate surface area is 107 Å². The molecular formula is C10H20N2O5S. The van der Waals surface area contributed by atoms with E-state index in [1.165, 1.54) is 4.90 Å². The van der Waals surface area contributed by atoms with Crippen molar-refractivity contribution in [2.24, 2.45) is 0 Å². The molecule has 2 N–H and O–H groups in total. The van der Waals surface area contributed by atoms with Crippen molar-refractivity contribution in [3.63, 3.8) is 0 Å². The molecule has 0 aromatic rings. The number of carbonyl (C=O) groups is 1. The number of amides is 1. The highest BCUT2D eigenvalue weighted by molar-refractivity contribution is 7.88. The molecule has 0 saturated carbocycles. The average Bonchev–Trinajstić information content (AvgIpc) is 2.42. The number of sulfonamides is 1. The molecule has 0 spiro atoms. The predicted molar refractivity (Wildman–Crippen MR) is 65.6 cm³/mol. The number of rotatable bonds is 2. The zero-order valence-electron chi connectivity index (χ0n) is 11.0. The van der Waals surface area contributed by atoms with E-state index in [0.717, 1.165) is 6.26 Å². The third-order valence-electron chi connectivity index (χ3n) is 2.31. The topological polar surface area (TPSA) is 95.9 Å². The summed E-state index contributed by atoms with van der Waals surface area (Å²) in [5.41, 5.74) is -0.621. The molecule has 0 bridgehead atoms. The Balaban J connectivity index is 2.61. The van der Waals surface area contributed by atoms with Gasteiger partial charge in [-0.15, -0.1) is 0 Å². The summed E-state index contributed by atoms with van der Waals surface area (Å²) in [4.78, 5) is 13.0. The standard InChI is InChI=1S/C10H20N2O5S/c1-10(2,3)17-9(14)12-5-7(8(13)6-12)11-18(4,15)16/h7-8,11,13H,5-6H2,1-4H3/t7-,8+/m0/s1. The van der Waals surface area contributed by atoms with E-state index in [-0.39, 0.29) is 13.1 Å². The van der Waals surface area contributed by atoms with Gasteiger partial charge in [-0.3, -0.25) is 0 Å². The first-order chi connectivity index (χ1) is 7.98. The fourth-order valence-corrected chi connectivity index (χ4v) is 2.43. The quantitative estimate of drug-likeness (QED) is 0.712. The highest BCUT2D eigenvalue weighted by Crippen LogP contribution is 2.16. The molecule has 1 heterocycles. The van der Waals surface area contributed by atoms with Crippen LogP contribution in [0.1, 0.15) is 20.8 Å². The van der Waals surface area contributed by atoms with Gasteiger partial charge in [0.05, 0.1) is 24.9 Å². The zero-order chi connectivity index (χ0) is 14.1. The van der Waals surface area contributed by atoms with E-state index in [1.54, 1.807) is 20.8 Å². The molecule has 7 nitrogen and oxygen atoms in total. The van der Waals surface area contributed by atoms with Gasteiger partial charge in [0.1, 0.15) is 5.60 Å². The van der Waals surface area contributed by atoms with Gasteiger partial charge in [0.15, 0.2) is 0 Å². The molecule has 106 valence electrons.